The summed E-state index contributed by atoms with van der Waals surface area (Å²) in [4.78, 5) is 28.8. The highest BCUT2D eigenvalue weighted by Crippen LogP contribution is 2.25. The lowest BCUT2D eigenvalue weighted by atomic mass is 10.0. The summed E-state index contributed by atoms with van der Waals surface area (Å²) in [6.07, 6.45) is -0.788. The van der Waals surface area contributed by atoms with Gasteiger partial charge in [-0.05, 0) is 29.9 Å². The van der Waals surface area contributed by atoms with E-state index < -0.39 is 12.1 Å². The zero-order valence-electron chi connectivity index (χ0n) is 15.8. The molecule has 0 saturated heterocycles. The molecule has 146 valence electrons. The van der Waals surface area contributed by atoms with E-state index in [9.17, 15) is 9.59 Å². The average Bonchev–Trinajstić information content (AvgIpc) is 3.38. The lowest BCUT2D eigenvalue weighted by Gasteiger charge is -2.16. The fourth-order valence-electron chi connectivity index (χ4n) is 2.64. The Labute approximate surface area is 172 Å². The van der Waals surface area contributed by atoms with Gasteiger partial charge in [-0.3, -0.25) is 9.59 Å². The van der Waals surface area contributed by atoms with Crippen molar-refractivity contribution in [3.63, 3.8) is 0 Å². The Kier molecular flexibility index (Phi) is 6.95. The number of nitrogens with zero attached hydrogens (tertiary/aromatic N) is 1. The van der Waals surface area contributed by atoms with Crippen LogP contribution >= 0.6 is 22.7 Å². The van der Waals surface area contributed by atoms with Crippen LogP contribution in [-0.2, 0) is 20.7 Å². The molecule has 28 heavy (non-hydrogen) atoms. The van der Waals surface area contributed by atoms with Crippen LogP contribution in [0.5, 0.6) is 0 Å². The molecule has 1 aromatic carbocycles. The van der Waals surface area contributed by atoms with Crippen molar-refractivity contribution in [1.82, 2.24) is 10.3 Å². The maximum Gasteiger partial charge on any atom is 0.312 e. The number of esters is 1. The lowest BCUT2D eigenvalue weighted by molar-refractivity contribution is -0.154. The van der Waals surface area contributed by atoms with E-state index in [1.807, 2.05) is 59.5 Å². The number of hydrogen-bond acceptors (Lipinski definition) is 6. The van der Waals surface area contributed by atoms with Gasteiger partial charge >= 0.3 is 5.97 Å². The van der Waals surface area contributed by atoms with Gasteiger partial charge in [-0.15, -0.1) is 11.3 Å². The van der Waals surface area contributed by atoms with Crippen LogP contribution in [0, 0.1) is 0 Å². The molecule has 0 radical (unpaired) electrons. The van der Waals surface area contributed by atoms with Crippen LogP contribution in [0.4, 0.5) is 0 Å². The first-order valence-electron chi connectivity index (χ1n) is 9.02. The van der Waals surface area contributed by atoms with E-state index in [0.29, 0.717) is 12.2 Å². The van der Waals surface area contributed by atoms with Gasteiger partial charge in [-0.1, -0.05) is 37.3 Å². The van der Waals surface area contributed by atoms with Crippen molar-refractivity contribution in [2.45, 2.75) is 32.3 Å². The predicted molar refractivity (Wildman–Crippen MR) is 113 cm³/mol. The Hall–Kier alpha value is -2.51. The molecule has 2 aromatic heterocycles. The van der Waals surface area contributed by atoms with Crippen LogP contribution in [0.15, 0.2) is 52.5 Å². The largest absolute Gasteiger partial charge is 0.452 e. The molecule has 2 heterocycles. The Bertz CT molecular complexity index is 907. The van der Waals surface area contributed by atoms with Crippen LogP contribution in [0.25, 0.3) is 10.6 Å². The van der Waals surface area contributed by atoms with Crippen LogP contribution in [0.1, 0.15) is 31.0 Å². The zero-order chi connectivity index (χ0) is 19.9. The van der Waals surface area contributed by atoms with Crippen molar-refractivity contribution < 1.29 is 14.3 Å². The Morgan fingerprint density at radius 3 is 2.64 bits per heavy atom. The molecule has 1 amide bonds. The summed E-state index contributed by atoms with van der Waals surface area (Å²) < 4.78 is 5.27. The number of rotatable bonds is 8. The fraction of sp³-hybridized carbons (Fsp3) is 0.286. The molecule has 0 aliphatic rings. The first-order chi connectivity index (χ1) is 13.5. The van der Waals surface area contributed by atoms with Gasteiger partial charge in [0.15, 0.2) is 6.10 Å². The minimum atomic E-state index is -0.842. The number of nitrogens with one attached hydrogen (secondary N) is 1. The number of ether oxygens (including phenoxy) is 1. The Balaban J connectivity index is 1.45. The minimum Gasteiger partial charge on any atom is -0.452 e. The second-order valence-electron chi connectivity index (χ2n) is 6.52. The normalized spacial score (nSPS) is 12.9. The third-order valence-corrected chi connectivity index (χ3v) is 5.90. The molecule has 3 rings (SSSR count). The summed E-state index contributed by atoms with van der Waals surface area (Å²) in [5.74, 6) is -0.576. The molecule has 0 unspecified atom stereocenters. The number of benzene rings is 1. The summed E-state index contributed by atoms with van der Waals surface area (Å²) in [5, 5.41) is 9.58. The average molecular weight is 415 g/mol. The highest BCUT2D eigenvalue weighted by molar-refractivity contribution is 7.14. The highest BCUT2D eigenvalue weighted by Gasteiger charge is 2.19. The minimum absolute atomic E-state index is 0.0542. The number of thiazole rings is 1. The van der Waals surface area contributed by atoms with Crippen molar-refractivity contribution >= 4 is 34.6 Å². The molecule has 0 fully saturated rings. The second kappa shape index (κ2) is 9.61. The van der Waals surface area contributed by atoms with Gasteiger partial charge in [-0.25, -0.2) is 4.98 Å². The summed E-state index contributed by atoms with van der Waals surface area (Å²) in [6.45, 7) is 4.11. The van der Waals surface area contributed by atoms with Crippen LogP contribution < -0.4 is 5.32 Å². The van der Waals surface area contributed by atoms with Crippen LogP contribution in [-0.4, -0.2) is 29.5 Å². The molecule has 0 saturated carbocycles. The summed E-state index contributed by atoms with van der Waals surface area (Å²) in [7, 11) is 0. The summed E-state index contributed by atoms with van der Waals surface area (Å²) >= 11 is 3.10. The van der Waals surface area contributed by atoms with Crippen molar-refractivity contribution in [2.24, 2.45) is 0 Å². The van der Waals surface area contributed by atoms with Crippen molar-refractivity contribution in [2.75, 3.05) is 6.54 Å². The van der Waals surface area contributed by atoms with Gasteiger partial charge in [0.05, 0.1) is 12.1 Å². The molecule has 0 bridgehead atoms. The third-order valence-electron chi connectivity index (χ3n) is 4.27. The number of carbonyl (C=O) groups is 2. The maximum atomic E-state index is 12.2. The lowest BCUT2D eigenvalue weighted by Crippen LogP contribution is -2.37. The van der Waals surface area contributed by atoms with Gasteiger partial charge in [0.2, 0.25) is 0 Å². The van der Waals surface area contributed by atoms with Crippen molar-refractivity contribution in [3.8, 4) is 10.6 Å². The molecule has 7 heteroatoms. The fourth-order valence-corrected chi connectivity index (χ4v) is 4.18. The van der Waals surface area contributed by atoms with E-state index in [2.05, 4.69) is 10.3 Å². The molecule has 3 aromatic rings. The van der Waals surface area contributed by atoms with Gasteiger partial charge in [0.25, 0.3) is 5.91 Å². The van der Waals surface area contributed by atoms with E-state index in [1.165, 1.54) is 11.3 Å². The number of thiophene rings is 1. The quantitative estimate of drug-likeness (QED) is 0.559. The van der Waals surface area contributed by atoms with Gasteiger partial charge in [-0.2, -0.15) is 11.3 Å². The van der Waals surface area contributed by atoms with Gasteiger partial charge < -0.3 is 10.1 Å². The van der Waals surface area contributed by atoms with Crippen molar-refractivity contribution in [3.05, 3.63) is 63.8 Å². The van der Waals surface area contributed by atoms with Crippen molar-refractivity contribution in [1.29, 1.82) is 0 Å². The van der Waals surface area contributed by atoms with E-state index in [4.69, 9.17) is 4.74 Å². The molecular formula is C21H22N2O3S2. The van der Waals surface area contributed by atoms with Gasteiger partial charge in [0.1, 0.15) is 5.01 Å². The molecule has 0 spiro atoms. The molecule has 0 aliphatic carbocycles. The maximum absolute atomic E-state index is 12.2. The van der Waals surface area contributed by atoms with Crippen LogP contribution in [0.3, 0.4) is 0 Å². The van der Waals surface area contributed by atoms with E-state index >= 15 is 0 Å². The second-order valence-corrected chi connectivity index (χ2v) is 8.16. The Morgan fingerprint density at radius 2 is 1.93 bits per heavy atom. The summed E-state index contributed by atoms with van der Waals surface area (Å²) in [5.41, 5.74) is 2.86. The van der Waals surface area contributed by atoms with E-state index in [1.54, 1.807) is 18.3 Å². The molecular weight excluding hydrogens is 392 g/mol. The van der Waals surface area contributed by atoms with Gasteiger partial charge in [0, 0.05) is 22.9 Å². The van der Waals surface area contributed by atoms with E-state index in [-0.39, 0.29) is 18.2 Å². The third kappa shape index (κ3) is 5.50. The summed E-state index contributed by atoms with van der Waals surface area (Å²) in [6, 6.07) is 12.0. The molecule has 1 N–H and O–H groups in total. The standard InChI is InChI=1S/C21H22N2O3S2/c1-14(16-6-4-3-5-7-16)11-22-20(25)15(2)26-19(24)10-18-13-28-21(23-18)17-8-9-27-12-17/h3-9,12-15H,10-11H2,1-2H3,(H,22,25)/t14-,15-/m0/s1. The first-order valence-corrected chi connectivity index (χ1v) is 10.8. The monoisotopic (exact) mass is 414 g/mol. The molecule has 5 nitrogen and oxygen atoms in total. The van der Waals surface area contributed by atoms with E-state index in [0.717, 1.165) is 16.1 Å². The van der Waals surface area contributed by atoms with Crippen LogP contribution in [0.2, 0.25) is 0 Å². The zero-order valence-corrected chi connectivity index (χ0v) is 17.4. The topological polar surface area (TPSA) is 68.3 Å². The predicted octanol–water partition coefficient (Wildman–Crippen LogP) is 4.27. The first kappa shape index (κ1) is 20.2. The number of carbonyl (C=O) groups excluding carboxylic acids is 2. The smallest absolute Gasteiger partial charge is 0.312 e. The SMILES string of the molecule is C[C@H](OC(=O)Cc1csc(-c2ccsc2)n1)C(=O)NC[C@H](C)c1ccccc1. The number of aromatic nitrogens is 1. The number of hydrogen-bond donors (Lipinski definition) is 1. The molecule has 0 aliphatic heterocycles. The molecule has 2 atom stereocenters. The Morgan fingerprint density at radius 1 is 1.14 bits per heavy atom. The number of amides is 1. The highest BCUT2D eigenvalue weighted by atomic mass is 32.1.